The highest BCUT2D eigenvalue weighted by Crippen LogP contribution is 2.27. The zero-order valence-electron chi connectivity index (χ0n) is 11.2. The summed E-state index contributed by atoms with van der Waals surface area (Å²) in [4.78, 5) is 0.987. The molecule has 0 radical (unpaired) electrons. The number of benzene rings is 2. The molecule has 3 rings (SSSR count). The van der Waals surface area contributed by atoms with Crippen molar-refractivity contribution in [3.63, 3.8) is 0 Å². The smallest absolute Gasteiger partial charge is 0.127 e. The van der Waals surface area contributed by atoms with Gasteiger partial charge in [-0.1, -0.05) is 18.2 Å². The Morgan fingerprint density at radius 1 is 1.00 bits per heavy atom. The fourth-order valence-electron chi connectivity index (χ4n) is 1.81. The van der Waals surface area contributed by atoms with Crippen LogP contribution in [0.1, 0.15) is 0 Å². The second-order valence-electron chi connectivity index (χ2n) is 4.48. The molecule has 21 heavy (non-hydrogen) atoms. The van der Waals surface area contributed by atoms with Gasteiger partial charge in [0.15, 0.2) is 0 Å². The van der Waals surface area contributed by atoms with Crippen molar-refractivity contribution in [1.82, 2.24) is 0 Å². The molecule has 0 bridgehead atoms. The van der Waals surface area contributed by atoms with Crippen molar-refractivity contribution in [1.29, 1.82) is 0 Å². The number of ether oxygens (including phenoxy) is 1. The van der Waals surface area contributed by atoms with E-state index in [2.05, 4.69) is 0 Å². The Morgan fingerprint density at radius 2 is 1.71 bits per heavy atom. The molecule has 0 aliphatic carbocycles. The van der Waals surface area contributed by atoms with Crippen LogP contribution in [0.4, 0.5) is 0 Å². The first kappa shape index (κ1) is 14.4. The van der Waals surface area contributed by atoms with E-state index >= 15 is 0 Å². The van der Waals surface area contributed by atoms with E-state index in [9.17, 15) is 4.21 Å². The van der Waals surface area contributed by atoms with Gasteiger partial charge in [0.2, 0.25) is 0 Å². The average molecular weight is 318 g/mol. The number of rotatable bonds is 5. The van der Waals surface area contributed by atoms with Gasteiger partial charge in [0.1, 0.15) is 17.6 Å². The maximum atomic E-state index is 11.2. The summed E-state index contributed by atoms with van der Waals surface area (Å²) in [6.45, 7) is 0. The SMILES string of the molecule is O=S1C=CC(OSc2ccc(Oc3ccccc3)cc2)C1. The highest BCUT2D eigenvalue weighted by Gasteiger charge is 2.15. The van der Waals surface area contributed by atoms with E-state index in [0.717, 1.165) is 16.4 Å². The molecule has 1 aliphatic rings. The Hall–Kier alpha value is -1.56. The second kappa shape index (κ2) is 6.93. The third kappa shape index (κ3) is 4.20. The molecule has 108 valence electrons. The average Bonchev–Trinajstić information content (AvgIpc) is 2.93. The molecule has 0 fully saturated rings. The van der Waals surface area contributed by atoms with Gasteiger partial charge in [-0.2, -0.15) is 0 Å². The number of hydrogen-bond donors (Lipinski definition) is 0. The summed E-state index contributed by atoms with van der Waals surface area (Å²) in [7, 11) is -0.876. The molecular formula is C16H14O3S2. The Bertz CT molecular complexity index is 638. The van der Waals surface area contributed by atoms with Crippen LogP contribution in [0.5, 0.6) is 11.5 Å². The molecule has 0 amide bonds. The molecule has 2 aromatic carbocycles. The van der Waals surface area contributed by atoms with Gasteiger partial charge in [-0.3, -0.25) is 4.21 Å². The van der Waals surface area contributed by atoms with Gasteiger partial charge in [-0.25, -0.2) is 0 Å². The van der Waals surface area contributed by atoms with Crippen molar-refractivity contribution in [2.45, 2.75) is 11.0 Å². The summed E-state index contributed by atoms with van der Waals surface area (Å²) in [6, 6.07) is 17.4. The molecule has 0 N–H and O–H groups in total. The standard InChI is InChI=1S/C16H14O3S2/c17-21-11-10-15(12-21)19-20-16-8-6-14(7-9-16)18-13-4-2-1-3-5-13/h1-11,15H,12H2. The van der Waals surface area contributed by atoms with Gasteiger partial charge in [0, 0.05) is 33.1 Å². The molecule has 5 heteroatoms. The van der Waals surface area contributed by atoms with Crippen molar-refractivity contribution in [2.75, 3.05) is 5.75 Å². The van der Waals surface area contributed by atoms with Crippen LogP contribution in [0.15, 0.2) is 71.0 Å². The molecule has 0 spiro atoms. The summed E-state index contributed by atoms with van der Waals surface area (Å²) < 4.78 is 22.5. The monoisotopic (exact) mass is 318 g/mol. The van der Waals surface area contributed by atoms with Crippen LogP contribution in [0.25, 0.3) is 0 Å². The minimum absolute atomic E-state index is 0.0731. The van der Waals surface area contributed by atoms with Crippen molar-refractivity contribution >= 4 is 22.8 Å². The summed E-state index contributed by atoms with van der Waals surface area (Å²) in [5.74, 6) is 2.14. The van der Waals surface area contributed by atoms with Crippen LogP contribution < -0.4 is 4.74 Å². The van der Waals surface area contributed by atoms with Crippen LogP contribution in [0, 0.1) is 0 Å². The predicted octanol–water partition coefficient (Wildman–Crippen LogP) is 4.15. The maximum Gasteiger partial charge on any atom is 0.127 e. The summed E-state index contributed by atoms with van der Waals surface area (Å²) in [6.07, 6.45) is 1.77. The van der Waals surface area contributed by atoms with Crippen LogP contribution in [0.2, 0.25) is 0 Å². The largest absolute Gasteiger partial charge is 0.457 e. The summed E-state index contributed by atoms with van der Waals surface area (Å²) >= 11 is 1.29. The van der Waals surface area contributed by atoms with Crippen LogP contribution >= 0.6 is 12.0 Å². The topological polar surface area (TPSA) is 35.5 Å². The zero-order valence-corrected chi connectivity index (χ0v) is 12.8. The second-order valence-corrected chi connectivity index (χ2v) is 6.68. The Labute approximate surface area is 130 Å². The van der Waals surface area contributed by atoms with Gasteiger partial charge in [-0.15, -0.1) is 0 Å². The molecule has 2 aromatic rings. The van der Waals surface area contributed by atoms with Crippen LogP contribution in [-0.2, 0) is 15.0 Å². The van der Waals surface area contributed by atoms with Crippen molar-refractivity contribution in [2.24, 2.45) is 0 Å². The van der Waals surface area contributed by atoms with Crippen molar-refractivity contribution < 1.29 is 13.1 Å². The van der Waals surface area contributed by atoms with Gasteiger partial charge in [0.05, 0.1) is 5.75 Å². The van der Waals surface area contributed by atoms with Gasteiger partial charge in [0.25, 0.3) is 0 Å². The first-order valence-electron chi connectivity index (χ1n) is 6.51. The predicted molar refractivity (Wildman–Crippen MR) is 85.8 cm³/mol. The van der Waals surface area contributed by atoms with E-state index in [1.54, 1.807) is 5.41 Å². The lowest BCUT2D eigenvalue weighted by molar-refractivity contribution is 0.327. The fourth-order valence-corrected chi connectivity index (χ4v) is 3.48. The lowest BCUT2D eigenvalue weighted by Gasteiger charge is -2.08. The van der Waals surface area contributed by atoms with Crippen molar-refractivity contribution in [3.05, 3.63) is 66.1 Å². The molecule has 1 aliphatic heterocycles. The first-order chi connectivity index (χ1) is 10.3. The normalized spacial score (nSPS) is 20.6. The van der Waals surface area contributed by atoms with Crippen molar-refractivity contribution in [3.8, 4) is 11.5 Å². The quantitative estimate of drug-likeness (QED) is 0.776. The number of hydrogen-bond acceptors (Lipinski definition) is 4. The Morgan fingerprint density at radius 3 is 2.38 bits per heavy atom. The highest BCUT2D eigenvalue weighted by molar-refractivity contribution is 7.94. The molecule has 2 atom stereocenters. The lowest BCUT2D eigenvalue weighted by atomic mass is 10.3. The first-order valence-corrected chi connectivity index (χ1v) is 8.64. The molecule has 1 heterocycles. The third-order valence-corrected chi connectivity index (χ3v) is 4.77. The van der Waals surface area contributed by atoms with E-state index in [1.807, 2.05) is 60.7 Å². The molecule has 2 unspecified atom stereocenters. The molecule has 0 aromatic heterocycles. The number of para-hydroxylation sites is 1. The molecule has 0 saturated heterocycles. The Balaban J connectivity index is 1.54. The lowest BCUT2D eigenvalue weighted by Crippen LogP contribution is -2.08. The van der Waals surface area contributed by atoms with E-state index in [4.69, 9.17) is 8.92 Å². The van der Waals surface area contributed by atoms with Gasteiger partial charge in [-0.05, 0) is 42.5 Å². The fraction of sp³-hybridized carbons (Fsp3) is 0.125. The molecular weight excluding hydrogens is 304 g/mol. The highest BCUT2D eigenvalue weighted by atomic mass is 32.2. The zero-order chi connectivity index (χ0) is 14.5. The maximum absolute atomic E-state index is 11.2. The minimum atomic E-state index is -0.876. The van der Waals surface area contributed by atoms with Crippen LogP contribution in [0.3, 0.4) is 0 Å². The third-order valence-electron chi connectivity index (χ3n) is 2.84. The van der Waals surface area contributed by atoms with E-state index in [-0.39, 0.29) is 6.10 Å². The van der Waals surface area contributed by atoms with E-state index in [1.165, 1.54) is 12.0 Å². The van der Waals surface area contributed by atoms with E-state index < -0.39 is 10.8 Å². The van der Waals surface area contributed by atoms with E-state index in [0.29, 0.717) is 5.75 Å². The summed E-state index contributed by atoms with van der Waals surface area (Å²) in [5.41, 5.74) is 0. The molecule has 3 nitrogen and oxygen atoms in total. The minimum Gasteiger partial charge on any atom is -0.457 e. The van der Waals surface area contributed by atoms with Gasteiger partial charge < -0.3 is 8.92 Å². The van der Waals surface area contributed by atoms with Crippen LogP contribution in [-0.4, -0.2) is 16.1 Å². The summed E-state index contributed by atoms with van der Waals surface area (Å²) in [5, 5.41) is 1.68. The molecule has 0 saturated carbocycles. The van der Waals surface area contributed by atoms with Gasteiger partial charge >= 0.3 is 0 Å². The Kier molecular flexibility index (Phi) is 4.75.